The first-order valence-corrected chi connectivity index (χ1v) is 4.90. The third-order valence-corrected chi connectivity index (χ3v) is 2.44. The maximum absolute atomic E-state index is 11.3. The van der Waals surface area contributed by atoms with Crippen LogP contribution in [0.1, 0.15) is 5.56 Å². The lowest BCUT2D eigenvalue weighted by Gasteiger charge is -2.06. The fourth-order valence-electron chi connectivity index (χ4n) is 1.57. The number of phenols is 1. The number of aromatic hydroxyl groups is 1. The van der Waals surface area contributed by atoms with Gasteiger partial charge in [-0.15, -0.1) is 0 Å². The Morgan fingerprint density at radius 2 is 2.31 bits per heavy atom. The SMILES string of the molecule is COc1cc(CC2=COCC2=O)ccc1O. The van der Waals surface area contributed by atoms with Gasteiger partial charge in [0.1, 0.15) is 6.61 Å². The molecule has 0 aromatic heterocycles. The molecule has 0 radical (unpaired) electrons. The van der Waals surface area contributed by atoms with Crippen LogP contribution >= 0.6 is 0 Å². The van der Waals surface area contributed by atoms with Crippen LogP contribution in [0.5, 0.6) is 11.5 Å². The highest BCUT2D eigenvalue weighted by Gasteiger charge is 2.17. The molecule has 0 spiro atoms. The van der Waals surface area contributed by atoms with Crippen molar-refractivity contribution < 1.29 is 19.4 Å². The Hall–Kier alpha value is -1.97. The first-order valence-electron chi connectivity index (χ1n) is 4.90. The van der Waals surface area contributed by atoms with E-state index >= 15 is 0 Å². The highest BCUT2D eigenvalue weighted by atomic mass is 16.5. The van der Waals surface area contributed by atoms with Crippen LogP contribution in [0, 0.1) is 0 Å². The number of hydrogen-bond acceptors (Lipinski definition) is 4. The number of hydrogen-bond donors (Lipinski definition) is 1. The van der Waals surface area contributed by atoms with Crippen molar-refractivity contribution in [3.8, 4) is 11.5 Å². The Balaban J connectivity index is 2.19. The van der Waals surface area contributed by atoms with Crippen molar-refractivity contribution in [2.24, 2.45) is 0 Å². The number of phenolic OH excluding ortho intramolecular Hbond substituents is 1. The Kier molecular flexibility index (Phi) is 2.81. The van der Waals surface area contributed by atoms with Gasteiger partial charge < -0.3 is 14.6 Å². The molecule has 1 aliphatic heterocycles. The first-order chi connectivity index (χ1) is 7.70. The predicted octanol–water partition coefficient (Wildman–Crippen LogP) is 1.43. The van der Waals surface area contributed by atoms with Crippen LogP contribution in [0.2, 0.25) is 0 Å². The molecule has 1 aliphatic rings. The van der Waals surface area contributed by atoms with Gasteiger partial charge in [0, 0.05) is 12.0 Å². The van der Waals surface area contributed by atoms with Crippen LogP contribution in [0.15, 0.2) is 30.0 Å². The molecule has 4 nitrogen and oxygen atoms in total. The fraction of sp³-hybridized carbons (Fsp3) is 0.250. The van der Waals surface area contributed by atoms with Gasteiger partial charge in [-0.2, -0.15) is 0 Å². The summed E-state index contributed by atoms with van der Waals surface area (Å²) in [5.74, 6) is 0.505. The summed E-state index contributed by atoms with van der Waals surface area (Å²) >= 11 is 0. The van der Waals surface area contributed by atoms with Crippen LogP contribution in [0.3, 0.4) is 0 Å². The third kappa shape index (κ3) is 2.00. The van der Waals surface area contributed by atoms with Gasteiger partial charge in [0.25, 0.3) is 0 Å². The monoisotopic (exact) mass is 220 g/mol. The molecule has 0 amide bonds. The summed E-state index contributed by atoms with van der Waals surface area (Å²) in [5.41, 5.74) is 1.55. The van der Waals surface area contributed by atoms with E-state index in [1.807, 2.05) is 0 Å². The standard InChI is InChI=1S/C12H12O4/c1-15-12-5-8(2-3-10(12)13)4-9-6-16-7-11(9)14/h2-3,5-6,13H,4,7H2,1H3. The van der Waals surface area contributed by atoms with Crippen LogP contribution in [0.25, 0.3) is 0 Å². The predicted molar refractivity (Wildman–Crippen MR) is 57.4 cm³/mol. The second kappa shape index (κ2) is 4.26. The first kappa shape index (κ1) is 10.5. The number of rotatable bonds is 3. The van der Waals surface area contributed by atoms with E-state index in [9.17, 15) is 9.90 Å². The van der Waals surface area contributed by atoms with E-state index in [2.05, 4.69) is 0 Å². The summed E-state index contributed by atoms with van der Waals surface area (Å²) in [7, 11) is 1.49. The molecule has 2 rings (SSSR count). The lowest BCUT2D eigenvalue weighted by atomic mass is 10.0. The van der Waals surface area contributed by atoms with Crippen molar-refractivity contribution in [3.63, 3.8) is 0 Å². The van der Waals surface area contributed by atoms with Gasteiger partial charge in [0.05, 0.1) is 13.4 Å². The summed E-state index contributed by atoms with van der Waals surface area (Å²) in [5, 5.41) is 9.42. The number of methoxy groups -OCH3 is 1. The average Bonchev–Trinajstić information content (AvgIpc) is 2.67. The molecule has 1 aromatic carbocycles. The minimum absolute atomic E-state index is 0.00652. The molecular weight excluding hydrogens is 208 g/mol. The minimum Gasteiger partial charge on any atom is -0.504 e. The number of benzene rings is 1. The number of carbonyl (C=O) groups is 1. The van der Waals surface area contributed by atoms with Crippen LogP contribution < -0.4 is 4.74 Å². The molecule has 16 heavy (non-hydrogen) atoms. The summed E-state index contributed by atoms with van der Waals surface area (Å²) in [6.45, 7) is 0.130. The molecule has 1 heterocycles. The molecule has 0 bridgehead atoms. The lowest BCUT2D eigenvalue weighted by Crippen LogP contribution is -2.03. The van der Waals surface area contributed by atoms with Crippen LogP contribution in [-0.2, 0) is 16.0 Å². The molecule has 0 saturated heterocycles. The zero-order valence-electron chi connectivity index (χ0n) is 8.90. The van der Waals surface area contributed by atoms with Gasteiger partial charge in [0.15, 0.2) is 17.3 Å². The second-order valence-corrected chi connectivity index (χ2v) is 3.56. The third-order valence-electron chi connectivity index (χ3n) is 2.44. The molecular formula is C12H12O4. The number of Topliss-reactive ketones (excluding diaryl/α,β-unsaturated/α-hetero) is 1. The van der Waals surface area contributed by atoms with Gasteiger partial charge in [-0.1, -0.05) is 6.07 Å². The highest BCUT2D eigenvalue weighted by Crippen LogP contribution is 2.27. The fourth-order valence-corrected chi connectivity index (χ4v) is 1.57. The summed E-state index contributed by atoms with van der Waals surface area (Å²) in [6, 6.07) is 5.01. The van der Waals surface area contributed by atoms with E-state index in [0.717, 1.165) is 5.56 Å². The molecule has 0 unspecified atom stereocenters. The molecule has 0 saturated carbocycles. The van der Waals surface area contributed by atoms with Crippen molar-refractivity contribution in [3.05, 3.63) is 35.6 Å². The van der Waals surface area contributed by atoms with E-state index < -0.39 is 0 Å². The Labute approximate surface area is 93.1 Å². The molecule has 84 valence electrons. The van der Waals surface area contributed by atoms with E-state index in [1.165, 1.54) is 13.4 Å². The van der Waals surface area contributed by atoms with Crippen molar-refractivity contribution >= 4 is 5.78 Å². The number of carbonyl (C=O) groups excluding carboxylic acids is 1. The van der Waals surface area contributed by atoms with E-state index in [4.69, 9.17) is 9.47 Å². The van der Waals surface area contributed by atoms with E-state index in [1.54, 1.807) is 18.2 Å². The van der Waals surface area contributed by atoms with Crippen molar-refractivity contribution in [1.29, 1.82) is 0 Å². The summed E-state index contributed by atoms with van der Waals surface area (Å²) in [4.78, 5) is 11.3. The van der Waals surface area contributed by atoms with Gasteiger partial charge in [-0.25, -0.2) is 0 Å². The van der Waals surface area contributed by atoms with Crippen LogP contribution in [0.4, 0.5) is 0 Å². The molecule has 1 aromatic rings. The van der Waals surface area contributed by atoms with Crippen molar-refractivity contribution in [1.82, 2.24) is 0 Å². The molecule has 1 N–H and O–H groups in total. The topological polar surface area (TPSA) is 55.8 Å². The smallest absolute Gasteiger partial charge is 0.199 e. The average molecular weight is 220 g/mol. The number of ketones is 1. The van der Waals surface area contributed by atoms with Crippen LogP contribution in [-0.4, -0.2) is 24.6 Å². The second-order valence-electron chi connectivity index (χ2n) is 3.56. The maximum atomic E-state index is 11.3. The normalized spacial score (nSPS) is 14.6. The highest BCUT2D eigenvalue weighted by molar-refractivity contribution is 5.98. The maximum Gasteiger partial charge on any atom is 0.199 e. The molecule has 0 aliphatic carbocycles. The van der Waals surface area contributed by atoms with E-state index in [0.29, 0.717) is 17.7 Å². The van der Waals surface area contributed by atoms with Gasteiger partial charge in [-0.3, -0.25) is 4.79 Å². The van der Waals surface area contributed by atoms with Gasteiger partial charge in [0.2, 0.25) is 0 Å². The molecule has 4 heteroatoms. The van der Waals surface area contributed by atoms with Crippen molar-refractivity contribution in [2.75, 3.05) is 13.7 Å². The van der Waals surface area contributed by atoms with Crippen molar-refractivity contribution in [2.45, 2.75) is 6.42 Å². The summed E-state index contributed by atoms with van der Waals surface area (Å²) in [6.07, 6.45) is 1.98. The summed E-state index contributed by atoms with van der Waals surface area (Å²) < 4.78 is 9.92. The van der Waals surface area contributed by atoms with Gasteiger partial charge in [-0.05, 0) is 17.7 Å². The number of ether oxygens (including phenoxy) is 2. The minimum atomic E-state index is 0.00652. The molecule has 0 fully saturated rings. The molecule has 0 atom stereocenters. The Bertz CT molecular complexity index is 448. The van der Waals surface area contributed by atoms with E-state index in [-0.39, 0.29) is 18.1 Å². The largest absolute Gasteiger partial charge is 0.504 e. The lowest BCUT2D eigenvalue weighted by molar-refractivity contribution is -0.116. The Morgan fingerprint density at radius 3 is 2.94 bits per heavy atom. The Morgan fingerprint density at radius 1 is 1.50 bits per heavy atom. The zero-order chi connectivity index (χ0) is 11.5. The quantitative estimate of drug-likeness (QED) is 0.837. The van der Waals surface area contributed by atoms with Gasteiger partial charge >= 0.3 is 0 Å². The zero-order valence-corrected chi connectivity index (χ0v) is 8.90.